The Labute approximate surface area is 168 Å². The summed E-state index contributed by atoms with van der Waals surface area (Å²) in [4.78, 5) is 17.0. The minimum absolute atomic E-state index is 0.0930. The Kier molecular flexibility index (Phi) is 5.17. The van der Waals surface area contributed by atoms with E-state index in [4.69, 9.17) is 9.47 Å². The zero-order valence-corrected chi connectivity index (χ0v) is 17.0. The number of para-hydroxylation sites is 2. The summed E-state index contributed by atoms with van der Waals surface area (Å²) in [6, 6.07) is 9.67. The molecule has 1 aliphatic heterocycles. The van der Waals surface area contributed by atoms with Crippen LogP contribution in [0.1, 0.15) is 21.7 Å². The van der Waals surface area contributed by atoms with Crippen molar-refractivity contribution in [2.75, 3.05) is 12.4 Å². The molecule has 0 amide bonds. The maximum atomic E-state index is 12.8. The minimum Gasteiger partial charge on any atom is -0.486 e. The predicted molar refractivity (Wildman–Crippen MR) is 109 cm³/mol. The van der Waals surface area contributed by atoms with Crippen molar-refractivity contribution in [3.8, 4) is 11.5 Å². The molecule has 0 fully saturated rings. The molecule has 1 atom stereocenters. The van der Waals surface area contributed by atoms with E-state index >= 15 is 0 Å². The molecule has 4 rings (SSSR count). The second-order valence-corrected chi connectivity index (χ2v) is 7.87. The first kappa shape index (κ1) is 18.7. The van der Waals surface area contributed by atoms with E-state index in [9.17, 15) is 4.79 Å². The highest BCUT2D eigenvalue weighted by Gasteiger charge is 2.24. The van der Waals surface area contributed by atoms with E-state index in [0.717, 1.165) is 33.6 Å². The maximum absolute atomic E-state index is 12.8. The number of Topliss-reactive ketones (excluding diaryl/α,β-unsaturated/α-hetero) is 1. The van der Waals surface area contributed by atoms with E-state index in [2.05, 4.69) is 9.55 Å². The number of hydrogen-bond donors (Lipinski definition) is 0. The van der Waals surface area contributed by atoms with Crippen LogP contribution in [0.25, 0.3) is 0 Å². The summed E-state index contributed by atoms with van der Waals surface area (Å²) in [6.45, 7) is 5.15. The molecular weight excluding hydrogens is 374 g/mol. The summed E-state index contributed by atoms with van der Waals surface area (Å²) in [5, 5.41) is 0.841. The number of carbonyl (C=O) groups excluding carboxylic acids is 1. The number of imidazole rings is 1. The van der Waals surface area contributed by atoms with Gasteiger partial charge in [-0.15, -0.1) is 0 Å². The fraction of sp³-hybridized carbons (Fsp3) is 0.333. The molecule has 0 saturated heterocycles. The first-order valence-corrected chi connectivity index (χ1v) is 10.2. The molecule has 1 aromatic carbocycles. The van der Waals surface area contributed by atoms with Crippen molar-refractivity contribution in [1.82, 2.24) is 14.1 Å². The number of fused-ring (bicyclic) bond motifs is 1. The largest absolute Gasteiger partial charge is 0.486 e. The normalized spacial score (nSPS) is 15.6. The molecule has 1 aliphatic rings. The van der Waals surface area contributed by atoms with Gasteiger partial charge >= 0.3 is 0 Å². The summed E-state index contributed by atoms with van der Waals surface area (Å²) in [7, 11) is 1.93. The summed E-state index contributed by atoms with van der Waals surface area (Å²) in [5.74, 6) is 2.02. The summed E-state index contributed by atoms with van der Waals surface area (Å²) < 4.78 is 16.0. The first-order valence-electron chi connectivity index (χ1n) is 9.21. The topological polar surface area (TPSA) is 58.3 Å². The minimum atomic E-state index is -0.0930. The molecule has 0 saturated carbocycles. The van der Waals surface area contributed by atoms with Crippen molar-refractivity contribution in [2.24, 2.45) is 7.05 Å². The van der Waals surface area contributed by atoms with E-state index in [1.165, 1.54) is 11.8 Å². The fourth-order valence-corrected chi connectivity index (χ4v) is 4.24. The van der Waals surface area contributed by atoms with Crippen molar-refractivity contribution in [1.29, 1.82) is 0 Å². The third-order valence-corrected chi connectivity index (χ3v) is 6.00. The molecule has 3 heterocycles. The summed E-state index contributed by atoms with van der Waals surface area (Å²) in [6.07, 6.45) is 3.52. The lowest BCUT2D eigenvalue weighted by Gasteiger charge is -2.27. The van der Waals surface area contributed by atoms with Gasteiger partial charge in [-0.05, 0) is 32.0 Å². The Morgan fingerprint density at radius 3 is 2.82 bits per heavy atom. The number of carbonyl (C=O) groups is 1. The van der Waals surface area contributed by atoms with Crippen molar-refractivity contribution in [3.63, 3.8) is 0 Å². The third kappa shape index (κ3) is 3.67. The smallest absolute Gasteiger partial charge is 0.175 e. The first-order chi connectivity index (χ1) is 13.5. The molecule has 0 spiro atoms. The number of hydrogen-bond acceptors (Lipinski definition) is 5. The fourth-order valence-electron chi connectivity index (χ4n) is 3.42. The Morgan fingerprint density at radius 1 is 1.29 bits per heavy atom. The number of thioether (sulfide) groups is 1. The average Bonchev–Trinajstić information content (AvgIpc) is 3.23. The third-order valence-electron chi connectivity index (χ3n) is 4.94. The SMILES string of the molecule is Cc1cc(C(=O)CSc2nccn2C)c(C)n1C[C@H]1COc2ccccc2O1. The second-order valence-electron chi connectivity index (χ2n) is 6.93. The van der Waals surface area contributed by atoms with Gasteiger partial charge in [-0.1, -0.05) is 23.9 Å². The number of ether oxygens (including phenoxy) is 2. The van der Waals surface area contributed by atoms with Crippen LogP contribution in [0.2, 0.25) is 0 Å². The van der Waals surface area contributed by atoms with Crippen LogP contribution in [-0.4, -0.2) is 38.4 Å². The molecule has 2 aromatic heterocycles. The van der Waals surface area contributed by atoms with Crippen LogP contribution in [0.4, 0.5) is 0 Å². The van der Waals surface area contributed by atoms with E-state index in [0.29, 0.717) is 18.9 Å². The highest BCUT2D eigenvalue weighted by atomic mass is 32.2. The molecule has 3 aromatic rings. The number of aryl methyl sites for hydroxylation is 2. The van der Waals surface area contributed by atoms with Gasteiger partial charge in [0.1, 0.15) is 6.61 Å². The molecule has 0 N–H and O–H groups in total. The van der Waals surface area contributed by atoms with E-state index < -0.39 is 0 Å². The van der Waals surface area contributed by atoms with E-state index in [1.807, 2.05) is 62.0 Å². The lowest BCUT2D eigenvalue weighted by atomic mass is 10.2. The molecule has 0 unspecified atom stereocenters. The molecular formula is C21H23N3O3S. The van der Waals surface area contributed by atoms with Crippen molar-refractivity contribution in [3.05, 3.63) is 59.7 Å². The standard InChI is InChI=1S/C21H23N3O3S/c1-14-10-17(18(25)13-28-21-22-8-9-23(21)3)15(2)24(14)11-16-12-26-19-6-4-5-7-20(19)27-16/h4-10,16H,11-13H2,1-3H3/t16-/m0/s1. The maximum Gasteiger partial charge on any atom is 0.175 e. The quantitative estimate of drug-likeness (QED) is 0.469. The van der Waals surface area contributed by atoms with Crippen LogP contribution in [0.15, 0.2) is 47.9 Å². The van der Waals surface area contributed by atoms with Crippen LogP contribution < -0.4 is 9.47 Å². The number of nitrogens with zero attached hydrogens (tertiary/aromatic N) is 3. The molecule has 0 bridgehead atoms. The van der Waals surface area contributed by atoms with Crippen LogP contribution in [-0.2, 0) is 13.6 Å². The van der Waals surface area contributed by atoms with Gasteiger partial charge in [0.05, 0.1) is 12.3 Å². The summed E-state index contributed by atoms with van der Waals surface area (Å²) >= 11 is 1.46. The van der Waals surface area contributed by atoms with Gasteiger partial charge in [0, 0.05) is 36.4 Å². The van der Waals surface area contributed by atoms with Gasteiger partial charge in [0.25, 0.3) is 0 Å². The van der Waals surface area contributed by atoms with Crippen molar-refractivity contribution >= 4 is 17.5 Å². The zero-order valence-electron chi connectivity index (χ0n) is 16.2. The van der Waals surface area contributed by atoms with Gasteiger partial charge in [0.15, 0.2) is 28.5 Å². The number of aromatic nitrogens is 3. The molecule has 6 nitrogen and oxygen atoms in total. The lowest BCUT2D eigenvalue weighted by Crippen LogP contribution is -2.33. The van der Waals surface area contributed by atoms with Crippen molar-refractivity contribution < 1.29 is 14.3 Å². The van der Waals surface area contributed by atoms with Crippen LogP contribution >= 0.6 is 11.8 Å². The average molecular weight is 398 g/mol. The van der Waals surface area contributed by atoms with E-state index in [1.54, 1.807) is 6.20 Å². The lowest BCUT2D eigenvalue weighted by molar-refractivity contribution is 0.0777. The van der Waals surface area contributed by atoms with Gasteiger partial charge in [-0.3, -0.25) is 4.79 Å². The zero-order chi connectivity index (χ0) is 19.7. The van der Waals surface area contributed by atoms with Crippen LogP contribution in [0, 0.1) is 13.8 Å². The number of rotatable bonds is 6. The monoisotopic (exact) mass is 397 g/mol. The second kappa shape index (κ2) is 7.75. The van der Waals surface area contributed by atoms with Crippen LogP contribution in [0.5, 0.6) is 11.5 Å². The highest BCUT2D eigenvalue weighted by Crippen LogP contribution is 2.31. The van der Waals surface area contributed by atoms with E-state index in [-0.39, 0.29) is 11.9 Å². The van der Waals surface area contributed by atoms with Crippen molar-refractivity contribution in [2.45, 2.75) is 31.7 Å². The Bertz CT molecular complexity index is 1010. The summed E-state index contributed by atoms with van der Waals surface area (Å²) in [5.41, 5.74) is 2.77. The van der Waals surface area contributed by atoms with Gasteiger partial charge in [-0.2, -0.15) is 0 Å². The molecule has 28 heavy (non-hydrogen) atoms. The highest BCUT2D eigenvalue weighted by molar-refractivity contribution is 7.99. The number of ketones is 1. The molecule has 146 valence electrons. The Morgan fingerprint density at radius 2 is 2.07 bits per heavy atom. The van der Waals surface area contributed by atoms with Gasteiger partial charge in [0.2, 0.25) is 0 Å². The number of benzene rings is 1. The predicted octanol–water partition coefficient (Wildman–Crippen LogP) is 3.65. The molecule has 7 heteroatoms. The molecule has 0 aliphatic carbocycles. The Hall–Kier alpha value is -2.67. The van der Waals surface area contributed by atoms with Gasteiger partial charge < -0.3 is 18.6 Å². The molecule has 0 radical (unpaired) electrons. The Balaban J connectivity index is 1.45. The van der Waals surface area contributed by atoms with Crippen LogP contribution in [0.3, 0.4) is 0 Å². The van der Waals surface area contributed by atoms with Gasteiger partial charge in [-0.25, -0.2) is 4.98 Å².